The molecule has 1 aromatic heterocycles. The predicted octanol–water partition coefficient (Wildman–Crippen LogP) is -0.0410. The molecule has 0 aliphatic rings. The van der Waals surface area contributed by atoms with E-state index in [-0.39, 0.29) is 23.2 Å². The SMILES string of the molecule is CC(C)C(CO)NS(=O)(=O)c1cccnc1N. The van der Waals surface area contributed by atoms with Gasteiger partial charge in [0.05, 0.1) is 6.61 Å². The lowest BCUT2D eigenvalue weighted by atomic mass is 10.1. The number of nitrogens with two attached hydrogens (primary N) is 1. The molecule has 0 fully saturated rings. The van der Waals surface area contributed by atoms with Crippen LogP contribution in [-0.2, 0) is 10.0 Å². The smallest absolute Gasteiger partial charge is 0.244 e. The van der Waals surface area contributed by atoms with Gasteiger partial charge in [0.15, 0.2) is 0 Å². The van der Waals surface area contributed by atoms with E-state index in [4.69, 9.17) is 10.8 Å². The second-order valence-electron chi connectivity index (χ2n) is 4.04. The molecule has 0 spiro atoms. The fourth-order valence-corrected chi connectivity index (χ4v) is 2.73. The lowest BCUT2D eigenvalue weighted by Gasteiger charge is -2.20. The van der Waals surface area contributed by atoms with Crippen molar-refractivity contribution in [2.45, 2.75) is 24.8 Å². The van der Waals surface area contributed by atoms with Crippen LogP contribution in [0.3, 0.4) is 0 Å². The number of aliphatic hydroxyl groups is 1. The number of sulfonamides is 1. The van der Waals surface area contributed by atoms with Gasteiger partial charge >= 0.3 is 0 Å². The standard InChI is InChI=1S/C10H17N3O3S/c1-7(2)8(6-14)13-17(15,16)9-4-3-5-12-10(9)11/h3-5,7-8,13-14H,6H2,1-2H3,(H2,11,12). The summed E-state index contributed by atoms with van der Waals surface area (Å²) >= 11 is 0. The summed E-state index contributed by atoms with van der Waals surface area (Å²) in [5.41, 5.74) is 5.51. The predicted molar refractivity (Wildman–Crippen MR) is 64.7 cm³/mol. The van der Waals surface area contributed by atoms with Gasteiger partial charge in [-0.1, -0.05) is 13.8 Å². The van der Waals surface area contributed by atoms with E-state index < -0.39 is 16.1 Å². The van der Waals surface area contributed by atoms with Gasteiger partial charge in [-0.15, -0.1) is 0 Å². The lowest BCUT2D eigenvalue weighted by Crippen LogP contribution is -2.41. The topological polar surface area (TPSA) is 105 Å². The highest BCUT2D eigenvalue weighted by molar-refractivity contribution is 7.89. The second-order valence-corrected chi connectivity index (χ2v) is 5.72. The zero-order valence-electron chi connectivity index (χ0n) is 9.79. The molecule has 0 aliphatic carbocycles. The van der Waals surface area contributed by atoms with E-state index in [0.29, 0.717) is 0 Å². The van der Waals surface area contributed by atoms with Crippen LogP contribution in [0.15, 0.2) is 23.2 Å². The number of nitrogens with one attached hydrogen (secondary N) is 1. The molecule has 1 rings (SSSR count). The van der Waals surface area contributed by atoms with E-state index in [1.807, 2.05) is 13.8 Å². The Kier molecular flexibility index (Phi) is 4.44. The number of nitrogens with zero attached hydrogens (tertiary/aromatic N) is 1. The molecule has 0 bridgehead atoms. The van der Waals surface area contributed by atoms with Gasteiger partial charge in [-0.25, -0.2) is 18.1 Å². The van der Waals surface area contributed by atoms with Gasteiger partial charge in [-0.05, 0) is 18.1 Å². The summed E-state index contributed by atoms with van der Waals surface area (Å²) in [4.78, 5) is 3.65. The largest absolute Gasteiger partial charge is 0.395 e. The zero-order valence-corrected chi connectivity index (χ0v) is 10.6. The molecule has 0 saturated heterocycles. The van der Waals surface area contributed by atoms with Crippen molar-refractivity contribution in [2.75, 3.05) is 12.3 Å². The molecular weight excluding hydrogens is 242 g/mol. The van der Waals surface area contributed by atoms with E-state index in [1.54, 1.807) is 0 Å². The molecule has 7 heteroatoms. The molecule has 0 aliphatic heterocycles. The van der Waals surface area contributed by atoms with Crippen molar-refractivity contribution >= 4 is 15.8 Å². The molecular formula is C10H17N3O3S. The summed E-state index contributed by atoms with van der Waals surface area (Å²) in [7, 11) is -3.74. The number of nitrogen functional groups attached to an aromatic ring is 1. The molecule has 1 aromatic rings. The van der Waals surface area contributed by atoms with Crippen LogP contribution in [0, 0.1) is 5.92 Å². The van der Waals surface area contributed by atoms with E-state index in [2.05, 4.69) is 9.71 Å². The van der Waals surface area contributed by atoms with Crippen LogP contribution >= 0.6 is 0 Å². The average Bonchev–Trinajstić information content (AvgIpc) is 2.26. The average molecular weight is 259 g/mol. The number of anilines is 1. The van der Waals surface area contributed by atoms with Gasteiger partial charge in [-0.2, -0.15) is 0 Å². The van der Waals surface area contributed by atoms with Gasteiger partial charge in [0, 0.05) is 12.2 Å². The van der Waals surface area contributed by atoms with Gasteiger partial charge in [0.25, 0.3) is 0 Å². The van der Waals surface area contributed by atoms with E-state index >= 15 is 0 Å². The first-order valence-corrected chi connectivity index (χ1v) is 6.70. The van der Waals surface area contributed by atoms with Gasteiger partial charge in [-0.3, -0.25) is 0 Å². The van der Waals surface area contributed by atoms with Crippen LogP contribution in [0.5, 0.6) is 0 Å². The first-order valence-electron chi connectivity index (χ1n) is 5.22. The Morgan fingerprint density at radius 3 is 2.65 bits per heavy atom. The van der Waals surface area contributed by atoms with Crippen LogP contribution in [0.4, 0.5) is 5.82 Å². The Labute approximate surface area is 101 Å². The zero-order chi connectivity index (χ0) is 13.1. The summed E-state index contributed by atoms with van der Waals surface area (Å²) in [6.45, 7) is 3.36. The van der Waals surface area contributed by atoms with E-state index in [0.717, 1.165) is 0 Å². The summed E-state index contributed by atoms with van der Waals surface area (Å²) in [6, 6.07) is 2.33. The van der Waals surface area contributed by atoms with Crippen molar-refractivity contribution < 1.29 is 13.5 Å². The van der Waals surface area contributed by atoms with Crippen molar-refractivity contribution in [3.05, 3.63) is 18.3 Å². The molecule has 4 N–H and O–H groups in total. The Morgan fingerprint density at radius 1 is 1.53 bits per heavy atom. The van der Waals surface area contributed by atoms with E-state index in [1.165, 1.54) is 18.3 Å². The fraction of sp³-hybridized carbons (Fsp3) is 0.500. The van der Waals surface area contributed by atoms with Crippen molar-refractivity contribution in [1.29, 1.82) is 0 Å². The Hall–Kier alpha value is -1.18. The third-order valence-electron chi connectivity index (χ3n) is 2.40. The minimum Gasteiger partial charge on any atom is -0.395 e. The Morgan fingerprint density at radius 2 is 2.18 bits per heavy atom. The quantitative estimate of drug-likeness (QED) is 0.688. The highest BCUT2D eigenvalue weighted by Gasteiger charge is 2.23. The van der Waals surface area contributed by atoms with Crippen LogP contribution in [0.25, 0.3) is 0 Å². The molecule has 1 unspecified atom stereocenters. The molecule has 96 valence electrons. The molecule has 0 saturated carbocycles. The first kappa shape index (κ1) is 13.9. The number of pyridine rings is 1. The Bertz CT molecular complexity index is 473. The number of hydrogen-bond donors (Lipinski definition) is 3. The van der Waals surface area contributed by atoms with Crippen LogP contribution in [0.1, 0.15) is 13.8 Å². The first-order chi connectivity index (χ1) is 7.88. The lowest BCUT2D eigenvalue weighted by molar-refractivity contribution is 0.227. The minimum atomic E-state index is -3.74. The molecule has 0 amide bonds. The number of aromatic nitrogens is 1. The van der Waals surface area contributed by atoms with Crippen LogP contribution in [0.2, 0.25) is 0 Å². The molecule has 6 nitrogen and oxygen atoms in total. The van der Waals surface area contributed by atoms with Crippen LogP contribution < -0.4 is 10.5 Å². The second kappa shape index (κ2) is 5.44. The number of hydrogen-bond acceptors (Lipinski definition) is 5. The Balaban J connectivity index is 3.01. The number of rotatable bonds is 5. The maximum Gasteiger partial charge on any atom is 0.244 e. The summed E-state index contributed by atoms with van der Waals surface area (Å²) in [6.07, 6.45) is 1.42. The third kappa shape index (κ3) is 3.39. The van der Waals surface area contributed by atoms with E-state index in [9.17, 15) is 8.42 Å². The summed E-state index contributed by atoms with van der Waals surface area (Å²) in [5, 5.41) is 9.10. The van der Waals surface area contributed by atoms with Gasteiger partial charge in [0.1, 0.15) is 10.7 Å². The highest BCUT2D eigenvalue weighted by Crippen LogP contribution is 2.15. The fourth-order valence-electron chi connectivity index (χ4n) is 1.28. The highest BCUT2D eigenvalue weighted by atomic mass is 32.2. The molecule has 0 radical (unpaired) electrons. The minimum absolute atomic E-state index is 0.0207. The van der Waals surface area contributed by atoms with Crippen molar-refractivity contribution in [1.82, 2.24) is 9.71 Å². The molecule has 1 heterocycles. The number of aliphatic hydroxyl groups excluding tert-OH is 1. The van der Waals surface area contributed by atoms with Gasteiger partial charge in [0.2, 0.25) is 10.0 Å². The van der Waals surface area contributed by atoms with Crippen molar-refractivity contribution in [3.63, 3.8) is 0 Å². The van der Waals surface area contributed by atoms with Crippen molar-refractivity contribution in [2.24, 2.45) is 5.92 Å². The monoisotopic (exact) mass is 259 g/mol. The maximum atomic E-state index is 12.0. The summed E-state index contributed by atoms with van der Waals surface area (Å²) in [5.74, 6) is -0.0758. The van der Waals surface area contributed by atoms with Crippen LogP contribution in [-0.4, -0.2) is 31.2 Å². The third-order valence-corrected chi connectivity index (χ3v) is 3.93. The molecule has 17 heavy (non-hydrogen) atoms. The van der Waals surface area contributed by atoms with Gasteiger partial charge < -0.3 is 10.8 Å². The molecule has 0 aromatic carbocycles. The summed E-state index contributed by atoms with van der Waals surface area (Å²) < 4.78 is 26.4. The normalized spacial score (nSPS) is 13.9. The molecule has 1 atom stereocenters. The maximum absolute atomic E-state index is 12.0. The van der Waals surface area contributed by atoms with Crippen molar-refractivity contribution in [3.8, 4) is 0 Å².